The Labute approximate surface area is 78.4 Å². The summed E-state index contributed by atoms with van der Waals surface area (Å²) < 4.78 is 5.10. The number of nitrogens with zero attached hydrogens (tertiary/aromatic N) is 1. The first-order chi connectivity index (χ1) is 5.31. The second-order valence-corrected chi connectivity index (χ2v) is 3.05. The second kappa shape index (κ2) is 8.60. The maximum atomic E-state index is 5.10. The monoisotopic (exact) mass is 199 g/mol. The number of alkyl halides is 2. The highest BCUT2D eigenvalue weighted by Gasteiger charge is 2.02. The fraction of sp³-hybridized carbons (Fsp3) is 1.00. The lowest BCUT2D eigenvalue weighted by Crippen LogP contribution is -2.32. The van der Waals surface area contributed by atoms with E-state index in [0.717, 1.165) is 26.3 Å². The van der Waals surface area contributed by atoms with Gasteiger partial charge in [0.05, 0.1) is 13.2 Å². The highest BCUT2D eigenvalue weighted by atomic mass is 35.5. The minimum absolute atomic E-state index is 0.557. The van der Waals surface area contributed by atoms with E-state index < -0.39 is 0 Å². The van der Waals surface area contributed by atoms with Gasteiger partial charge in [-0.2, -0.15) is 0 Å². The third-order valence-corrected chi connectivity index (χ3v) is 1.88. The first kappa shape index (κ1) is 11.5. The summed E-state index contributed by atoms with van der Waals surface area (Å²) >= 11 is 10.1. The highest BCUT2D eigenvalue weighted by molar-refractivity contribution is 6.25. The van der Waals surface area contributed by atoms with E-state index >= 15 is 0 Å². The van der Waals surface area contributed by atoms with Crippen LogP contribution in [0.2, 0.25) is 0 Å². The Bertz CT molecular complexity index is 74.8. The molecule has 1 aliphatic rings. The molecule has 2 nitrogen and oxygen atoms in total. The molecule has 0 saturated carbocycles. The lowest BCUT2D eigenvalue weighted by Gasteiger charge is -2.21. The molecule has 1 saturated heterocycles. The van der Waals surface area contributed by atoms with Crippen LogP contribution in [0.15, 0.2) is 0 Å². The molecule has 68 valence electrons. The number of hydrogen-bond acceptors (Lipinski definition) is 2. The molecule has 0 atom stereocenters. The molecule has 1 rings (SSSR count). The van der Waals surface area contributed by atoms with Crippen molar-refractivity contribution in [3.63, 3.8) is 0 Å². The zero-order valence-electron chi connectivity index (χ0n) is 6.85. The zero-order chi connectivity index (χ0) is 8.53. The highest BCUT2D eigenvalue weighted by Crippen LogP contribution is 1.89. The summed E-state index contributed by atoms with van der Waals surface area (Å²) in [6, 6.07) is 0. The smallest absolute Gasteiger partial charge is 0.0594 e. The summed E-state index contributed by atoms with van der Waals surface area (Å²) in [5, 5.41) is 0. The standard InChI is InChI=1S/C5H11NO.C2H4Cl2/c1-6-2-4-7-5-3-6;3-1-2-4/h2-5H2,1H3;1-2H2. The molecular weight excluding hydrogens is 185 g/mol. The molecule has 0 N–H and O–H groups in total. The van der Waals surface area contributed by atoms with Gasteiger partial charge < -0.3 is 9.64 Å². The molecule has 0 amide bonds. The predicted octanol–water partition coefficient (Wildman–Crippen LogP) is 1.41. The van der Waals surface area contributed by atoms with E-state index in [1.54, 1.807) is 0 Å². The summed E-state index contributed by atoms with van der Waals surface area (Å²) in [7, 11) is 2.11. The van der Waals surface area contributed by atoms with Gasteiger partial charge >= 0.3 is 0 Å². The average molecular weight is 200 g/mol. The van der Waals surface area contributed by atoms with Crippen LogP contribution in [-0.2, 0) is 4.74 Å². The molecule has 1 aliphatic heterocycles. The van der Waals surface area contributed by atoms with Crippen molar-refractivity contribution < 1.29 is 4.74 Å². The van der Waals surface area contributed by atoms with Gasteiger partial charge in [0.15, 0.2) is 0 Å². The van der Waals surface area contributed by atoms with Crippen molar-refractivity contribution >= 4 is 23.2 Å². The van der Waals surface area contributed by atoms with Crippen molar-refractivity contribution in [2.75, 3.05) is 45.1 Å². The predicted molar refractivity (Wildman–Crippen MR) is 49.8 cm³/mol. The van der Waals surface area contributed by atoms with Gasteiger partial charge in [-0.05, 0) is 7.05 Å². The number of ether oxygens (including phenoxy) is 1. The molecular formula is C7H15Cl2NO. The van der Waals surface area contributed by atoms with Gasteiger partial charge in [-0.15, -0.1) is 23.2 Å². The normalized spacial score (nSPS) is 18.8. The van der Waals surface area contributed by atoms with Gasteiger partial charge in [-0.25, -0.2) is 0 Å². The summed E-state index contributed by atoms with van der Waals surface area (Å²) in [5.74, 6) is 1.11. The molecule has 0 aromatic carbocycles. The minimum Gasteiger partial charge on any atom is -0.379 e. The first-order valence-corrected chi connectivity index (χ1v) is 4.76. The molecule has 0 aromatic rings. The van der Waals surface area contributed by atoms with Crippen LogP contribution in [0.5, 0.6) is 0 Å². The fourth-order valence-electron chi connectivity index (χ4n) is 0.655. The van der Waals surface area contributed by atoms with Crippen LogP contribution >= 0.6 is 23.2 Å². The van der Waals surface area contributed by atoms with Crippen LogP contribution in [0.3, 0.4) is 0 Å². The van der Waals surface area contributed by atoms with Crippen molar-refractivity contribution in [2.24, 2.45) is 0 Å². The van der Waals surface area contributed by atoms with Crippen LogP contribution in [0.25, 0.3) is 0 Å². The quantitative estimate of drug-likeness (QED) is 0.593. The van der Waals surface area contributed by atoms with Gasteiger partial charge in [0.1, 0.15) is 0 Å². The Kier molecular flexibility index (Phi) is 8.99. The third kappa shape index (κ3) is 8.41. The van der Waals surface area contributed by atoms with Crippen LogP contribution in [0, 0.1) is 0 Å². The topological polar surface area (TPSA) is 12.5 Å². The van der Waals surface area contributed by atoms with Crippen molar-refractivity contribution in [1.82, 2.24) is 4.90 Å². The molecule has 0 spiro atoms. The van der Waals surface area contributed by atoms with Crippen LogP contribution in [0.4, 0.5) is 0 Å². The number of rotatable bonds is 1. The fourth-order valence-corrected chi connectivity index (χ4v) is 0.655. The minimum atomic E-state index is 0.557. The van der Waals surface area contributed by atoms with E-state index in [0.29, 0.717) is 11.8 Å². The lowest BCUT2D eigenvalue weighted by molar-refractivity contribution is 0.0503. The number of halogens is 2. The van der Waals surface area contributed by atoms with Gasteiger partial charge in [0, 0.05) is 24.8 Å². The van der Waals surface area contributed by atoms with E-state index in [4.69, 9.17) is 27.9 Å². The molecule has 0 aromatic heterocycles. The molecule has 1 fully saturated rings. The summed E-state index contributed by atoms with van der Waals surface area (Å²) in [6.45, 7) is 4.02. The van der Waals surface area contributed by atoms with Gasteiger partial charge in [0.2, 0.25) is 0 Å². The van der Waals surface area contributed by atoms with Crippen molar-refractivity contribution in [3.05, 3.63) is 0 Å². The van der Waals surface area contributed by atoms with Crippen molar-refractivity contribution in [1.29, 1.82) is 0 Å². The molecule has 0 radical (unpaired) electrons. The Balaban J connectivity index is 0.000000218. The average Bonchev–Trinajstić information content (AvgIpc) is 2.07. The van der Waals surface area contributed by atoms with Gasteiger partial charge in [-0.3, -0.25) is 0 Å². The Morgan fingerprint density at radius 1 is 1.18 bits per heavy atom. The summed E-state index contributed by atoms with van der Waals surface area (Å²) in [5.41, 5.74) is 0. The number of likely N-dealkylation sites (N-methyl/N-ethyl adjacent to an activating group) is 1. The van der Waals surface area contributed by atoms with Crippen LogP contribution in [0.1, 0.15) is 0 Å². The maximum absolute atomic E-state index is 5.10. The van der Waals surface area contributed by atoms with E-state index in [-0.39, 0.29) is 0 Å². The zero-order valence-corrected chi connectivity index (χ0v) is 8.37. The molecule has 0 unspecified atom stereocenters. The maximum Gasteiger partial charge on any atom is 0.0594 e. The SMILES string of the molecule is CN1CCOCC1.ClCCCl. The number of morpholine rings is 1. The first-order valence-electron chi connectivity index (χ1n) is 3.69. The van der Waals surface area contributed by atoms with E-state index in [2.05, 4.69) is 11.9 Å². The molecule has 1 heterocycles. The van der Waals surface area contributed by atoms with Crippen molar-refractivity contribution in [3.8, 4) is 0 Å². The lowest BCUT2D eigenvalue weighted by atomic mass is 10.5. The summed E-state index contributed by atoms with van der Waals surface area (Å²) in [4.78, 5) is 2.27. The van der Waals surface area contributed by atoms with Crippen LogP contribution < -0.4 is 0 Å². The van der Waals surface area contributed by atoms with Gasteiger partial charge in [0.25, 0.3) is 0 Å². The van der Waals surface area contributed by atoms with E-state index in [1.807, 2.05) is 0 Å². The molecule has 0 bridgehead atoms. The largest absolute Gasteiger partial charge is 0.379 e. The Hall–Kier alpha value is 0.500. The second-order valence-electron chi connectivity index (χ2n) is 2.29. The van der Waals surface area contributed by atoms with Gasteiger partial charge in [-0.1, -0.05) is 0 Å². The Morgan fingerprint density at radius 3 is 1.82 bits per heavy atom. The Morgan fingerprint density at radius 2 is 1.64 bits per heavy atom. The van der Waals surface area contributed by atoms with Crippen molar-refractivity contribution in [2.45, 2.75) is 0 Å². The van der Waals surface area contributed by atoms with E-state index in [1.165, 1.54) is 0 Å². The number of hydrogen-bond donors (Lipinski definition) is 0. The third-order valence-electron chi connectivity index (χ3n) is 1.31. The molecule has 4 heteroatoms. The van der Waals surface area contributed by atoms with E-state index in [9.17, 15) is 0 Å². The molecule has 11 heavy (non-hydrogen) atoms. The van der Waals surface area contributed by atoms with Crippen LogP contribution in [-0.4, -0.2) is 50.0 Å². The molecule has 0 aliphatic carbocycles. The summed E-state index contributed by atoms with van der Waals surface area (Å²) in [6.07, 6.45) is 0.